The second kappa shape index (κ2) is 7.50. The molecule has 1 saturated heterocycles. The van der Waals surface area contributed by atoms with Gasteiger partial charge in [-0.05, 0) is 52.8 Å². The van der Waals surface area contributed by atoms with Gasteiger partial charge in [0.2, 0.25) is 0 Å². The summed E-state index contributed by atoms with van der Waals surface area (Å²) in [7, 11) is 0. The van der Waals surface area contributed by atoms with Crippen LogP contribution in [0, 0.1) is 6.92 Å². The van der Waals surface area contributed by atoms with Gasteiger partial charge in [0.05, 0.1) is 5.69 Å². The summed E-state index contributed by atoms with van der Waals surface area (Å²) in [6.45, 7) is 10.6. The molecule has 1 aromatic heterocycles. The first kappa shape index (κ1) is 15.1. The highest BCUT2D eigenvalue weighted by Gasteiger charge is 2.17. The number of allylic oxidation sites excluding steroid dienone is 1. The summed E-state index contributed by atoms with van der Waals surface area (Å²) < 4.78 is 0. The topological polar surface area (TPSA) is 41.0 Å². The zero-order chi connectivity index (χ0) is 14.4. The van der Waals surface area contributed by atoms with E-state index in [0.717, 1.165) is 24.6 Å². The fraction of sp³-hybridized carbons (Fsp3) is 0.625. The summed E-state index contributed by atoms with van der Waals surface area (Å²) in [6.07, 6.45) is 6.60. The van der Waals surface area contributed by atoms with E-state index in [-0.39, 0.29) is 0 Å². The molecule has 1 N–H and O–H groups in total. The summed E-state index contributed by atoms with van der Waals surface area (Å²) in [4.78, 5) is 11.1. The average molecular weight is 274 g/mol. The van der Waals surface area contributed by atoms with E-state index in [4.69, 9.17) is 0 Å². The van der Waals surface area contributed by atoms with Crippen LogP contribution in [0.5, 0.6) is 0 Å². The van der Waals surface area contributed by atoms with E-state index in [1.165, 1.54) is 31.5 Å². The number of hydrogen-bond acceptors (Lipinski definition) is 4. The van der Waals surface area contributed by atoms with Crippen LogP contribution in [0.2, 0.25) is 0 Å². The van der Waals surface area contributed by atoms with Crippen LogP contribution in [0.3, 0.4) is 0 Å². The molecule has 1 aromatic rings. The van der Waals surface area contributed by atoms with Crippen LogP contribution in [0.4, 0.5) is 0 Å². The van der Waals surface area contributed by atoms with Crippen molar-refractivity contribution in [1.82, 2.24) is 20.2 Å². The molecule has 4 heteroatoms. The van der Waals surface area contributed by atoms with Gasteiger partial charge in [-0.15, -0.1) is 0 Å². The van der Waals surface area contributed by atoms with Gasteiger partial charge in [-0.2, -0.15) is 0 Å². The third kappa shape index (κ3) is 5.02. The Bertz CT molecular complexity index is 444. The van der Waals surface area contributed by atoms with Crippen molar-refractivity contribution in [2.75, 3.05) is 19.6 Å². The highest BCUT2D eigenvalue weighted by molar-refractivity contribution is 5.01. The predicted molar refractivity (Wildman–Crippen MR) is 82.5 cm³/mol. The number of likely N-dealkylation sites (tertiary alicyclic amines) is 1. The Labute approximate surface area is 122 Å². The molecule has 0 aromatic carbocycles. The minimum atomic E-state index is 0.619. The Hall–Kier alpha value is -1.26. The number of nitrogens with one attached hydrogen (secondary N) is 1. The van der Waals surface area contributed by atoms with Crippen LogP contribution in [-0.2, 0) is 6.54 Å². The molecule has 0 spiro atoms. The molecular formula is C16H26N4. The second-order valence-corrected chi connectivity index (χ2v) is 5.83. The van der Waals surface area contributed by atoms with Crippen molar-refractivity contribution in [1.29, 1.82) is 0 Å². The van der Waals surface area contributed by atoms with Crippen molar-refractivity contribution in [3.8, 4) is 0 Å². The lowest BCUT2D eigenvalue weighted by atomic mass is 10.0. The highest BCUT2D eigenvalue weighted by atomic mass is 15.1. The Balaban J connectivity index is 1.71. The van der Waals surface area contributed by atoms with E-state index < -0.39 is 0 Å². The molecule has 0 radical (unpaired) electrons. The molecule has 0 bridgehead atoms. The summed E-state index contributed by atoms with van der Waals surface area (Å²) in [5, 5.41) is 3.62. The van der Waals surface area contributed by atoms with Gasteiger partial charge in [0, 0.05) is 25.3 Å². The van der Waals surface area contributed by atoms with Gasteiger partial charge in [0.1, 0.15) is 5.82 Å². The number of piperidine rings is 1. The first-order chi connectivity index (χ1) is 9.63. The molecular weight excluding hydrogens is 248 g/mol. The number of nitrogens with zero attached hydrogens (tertiary/aromatic N) is 3. The summed E-state index contributed by atoms with van der Waals surface area (Å²) in [5.74, 6) is 0.848. The molecule has 110 valence electrons. The zero-order valence-corrected chi connectivity index (χ0v) is 12.9. The average Bonchev–Trinajstić information content (AvgIpc) is 2.44. The molecule has 0 saturated carbocycles. The molecule has 0 aliphatic carbocycles. The number of aryl methyl sites for hydroxylation is 1. The van der Waals surface area contributed by atoms with Crippen LogP contribution in [0.15, 0.2) is 23.9 Å². The van der Waals surface area contributed by atoms with E-state index in [2.05, 4.69) is 40.1 Å². The van der Waals surface area contributed by atoms with Gasteiger partial charge in [-0.1, -0.05) is 11.6 Å². The van der Waals surface area contributed by atoms with Crippen molar-refractivity contribution < 1.29 is 0 Å². The van der Waals surface area contributed by atoms with Gasteiger partial charge in [-0.25, -0.2) is 9.97 Å². The minimum absolute atomic E-state index is 0.619. The normalized spacial score (nSPS) is 17.1. The molecule has 20 heavy (non-hydrogen) atoms. The lowest BCUT2D eigenvalue weighted by Crippen LogP contribution is -2.42. The molecule has 2 heterocycles. The fourth-order valence-corrected chi connectivity index (χ4v) is 2.48. The zero-order valence-electron chi connectivity index (χ0n) is 12.9. The van der Waals surface area contributed by atoms with Crippen molar-refractivity contribution in [3.05, 3.63) is 35.4 Å². The molecule has 1 aliphatic rings. The second-order valence-electron chi connectivity index (χ2n) is 5.83. The highest BCUT2D eigenvalue weighted by Crippen LogP contribution is 2.11. The SMILES string of the molecule is CC(C)=CCN1CCC(NCc2ccnc(C)n2)CC1. The van der Waals surface area contributed by atoms with Crippen molar-refractivity contribution in [2.24, 2.45) is 0 Å². The maximum Gasteiger partial charge on any atom is 0.125 e. The largest absolute Gasteiger partial charge is 0.308 e. The Kier molecular flexibility index (Phi) is 5.68. The third-order valence-electron chi connectivity index (χ3n) is 3.75. The molecule has 1 fully saturated rings. The van der Waals surface area contributed by atoms with Crippen LogP contribution in [-0.4, -0.2) is 40.5 Å². The third-order valence-corrected chi connectivity index (χ3v) is 3.75. The van der Waals surface area contributed by atoms with E-state index in [0.29, 0.717) is 6.04 Å². The van der Waals surface area contributed by atoms with Gasteiger partial charge in [0.15, 0.2) is 0 Å². The molecule has 0 amide bonds. The predicted octanol–water partition coefficient (Wildman–Crippen LogP) is 2.31. The Morgan fingerprint density at radius 3 is 2.80 bits per heavy atom. The molecule has 4 nitrogen and oxygen atoms in total. The van der Waals surface area contributed by atoms with E-state index in [1.807, 2.05) is 19.2 Å². The quantitative estimate of drug-likeness (QED) is 0.837. The van der Waals surface area contributed by atoms with Crippen LogP contribution in [0.1, 0.15) is 38.2 Å². The molecule has 0 unspecified atom stereocenters. The maximum absolute atomic E-state index is 4.43. The van der Waals surface area contributed by atoms with Gasteiger partial charge in [-0.3, -0.25) is 4.90 Å². The molecule has 0 atom stereocenters. The van der Waals surface area contributed by atoms with Crippen molar-refractivity contribution in [2.45, 2.75) is 46.2 Å². The van der Waals surface area contributed by atoms with Crippen LogP contribution >= 0.6 is 0 Å². The Morgan fingerprint density at radius 2 is 2.15 bits per heavy atom. The van der Waals surface area contributed by atoms with Crippen LogP contribution < -0.4 is 5.32 Å². The maximum atomic E-state index is 4.43. The monoisotopic (exact) mass is 274 g/mol. The summed E-state index contributed by atoms with van der Waals surface area (Å²) in [6, 6.07) is 2.61. The first-order valence-electron chi connectivity index (χ1n) is 7.51. The molecule has 1 aliphatic heterocycles. The minimum Gasteiger partial charge on any atom is -0.308 e. The Morgan fingerprint density at radius 1 is 1.40 bits per heavy atom. The van der Waals surface area contributed by atoms with E-state index >= 15 is 0 Å². The molecule has 2 rings (SSSR count). The number of hydrogen-bond donors (Lipinski definition) is 1. The van der Waals surface area contributed by atoms with Gasteiger partial charge >= 0.3 is 0 Å². The van der Waals surface area contributed by atoms with E-state index in [1.54, 1.807) is 0 Å². The number of rotatable bonds is 5. The van der Waals surface area contributed by atoms with Crippen molar-refractivity contribution in [3.63, 3.8) is 0 Å². The van der Waals surface area contributed by atoms with Gasteiger partial charge < -0.3 is 5.32 Å². The fourth-order valence-electron chi connectivity index (χ4n) is 2.48. The summed E-state index contributed by atoms with van der Waals surface area (Å²) in [5.41, 5.74) is 2.49. The smallest absolute Gasteiger partial charge is 0.125 e. The van der Waals surface area contributed by atoms with Crippen molar-refractivity contribution >= 4 is 0 Å². The first-order valence-corrected chi connectivity index (χ1v) is 7.51. The standard InChI is InChI=1S/C16H26N4/c1-13(2)5-9-20-10-6-15(7-11-20)18-12-16-4-8-17-14(3)19-16/h4-5,8,15,18H,6-7,9-12H2,1-3H3. The number of aromatic nitrogens is 2. The van der Waals surface area contributed by atoms with Gasteiger partial charge in [0.25, 0.3) is 0 Å². The lowest BCUT2D eigenvalue weighted by molar-refractivity contribution is 0.214. The van der Waals surface area contributed by atoms with Crippen LogP contribution in [0.25, 0.3) is 0 Å². The van der Waals surface area contributed by atoms with E-state index in [9.17, 15) is 0 Å². The lowest BCUT2D eigenvalue weighted by Gasteiger charge is -2.31. The summed E-state index contributed by atoms with van der Waals surface area (Å²) >= 11 is 0.